The van der Waals surface area contributed by atoms with E-state index in [1.165, 1.54) is 23.5 Å². The minimum atomic E-state index is -0.573. The van der Waals surface area contributed by atoms with E-state index < -0.39 is 11.6 Å². The Hall–Kier alpha value is -0.300. The Kier molecular flexibility index (Phi) is 4.53. The summed E-state index contributed by atoms with van der Waals surface area (Å²) in [5, 5.41) is 3.07. The highest BCUT2D eigenvalue weighted by molar-refractivity contribution is 9.12. The van der Waals surface area contributed by atoms with Gasteiger partial charge in [0.15, 0.2) is 0 Å². The van der Waals surface area contributed by atoms with Crippen molar-refractivity contribution in [2.75, 3.05) is 7.05 Å². The van der Waals surface area contributed by atoms with Gasteiger partial charge in [0.2, 0.25) is 0 Å². The maximum atomic E-state index is 13.3. The molecule has 0 bridgehead atoms. The molecule has 2 rings (SSSR count). The predicted molar refractivity (Wildman–Crippen MR) is 77.0 cm³/mol. The van der Waals surface area contributed by atoms with Crippen LogP contribution in [0.25, 0.3) is 0 Å². The summed E-state index contributed by atoms with van der Waals surface area (Å²) in [4.78, 5) is 0. The standard InChI is InChI=1S/C12H9Br2F2NS/c1-17-11(9-5-10(13)18-12(9)14)6-2-7(15)4-8(16)3-6/h2-5,11,17H,1H3. The van der Waals surface area contributed by atoms with Crippen molar-refractivity contribution < 1.29 is 8.78 Å². The van der Waals surface area contributed by atoms with Gasteiger partial charge in [-0.1, -0.05) is 0 Å². The molecule has 0 aliphatic rings. The Balaban J connectivity index is 2.48. The third-order valence-electron chi connectivity index (χ3n) is 2.50. The second kappa shape index (κ2) is 5.77. The first-order valence-electron chi connectivity index (χ1n) is 5.09. The van der Waals surface area contributed by atoms with Gasteiger partial charge in [0.05, 0.1) is 13.6 Å². The van der Waals surface area contributed by atoms with Crippen LogP contribution in [-0.2, 0) is 0 Å². The Morgan fingerprint density at radius 1 is 1.11 bits per heavy atom. The van der Waals surface area contributed by atoms with E-state index >= 15 is 0 Å². The van der Waals surface area contributed by atoms with Crippen molar-refractivity contribution in [3.8, 4) is 0 Å². The van der Waals surface area contributed by atoms with E-state index in [9.17, 15) is 8.78 Å². The number of halogens is 4. The SMILES string of the molecule is CNC(c1cc(F)cc(F)c1)c1cc(Br)sc1Br. The summed E-state index contributed by atoms with van der Waals surface area (Å²) in [6.07, 6.45) is 0. The molecule has 1 heterocycles. The summed E-state index contributed by atoms with van der Waals surface area (Å²) in [5.41, 5.74) is 1.50. The molecule has 0 saturated carbocycles. The fourth-order valence-corrected chi connectivity index (χ4v) is 4.70. The summed E-state index contributed by atoms with van der Waals surface area (Å²) in [6.45, 7) is 0. The molecule has 6 heteroatoms. The lowest BCUT2D eigenvalue weighted by Gasteiger charge is -2.16. The molecule has 2 aromatic rings. The van der Waals surface area contributed by atoms with Crippen LogP contribution in [0.1, 0.15) is 17.2 Å². The largest absolute Gasteiger partial charge is 0.309 e. The van der Waals surface area contributed by atoms with Gasteiger partial charge in [0.25, 0.3) is 0 Å². The van der Waals surface area contributed by atoms with Crippen LogP contribution in [0.4, 0.5) is 8.78 Å². The molecule has 0 fully saturated rings. The van der Waals surface area contributed by atoms with Crippen LogP contribution in [0.2, 0.25) is 0 Å². The number of benzene rings is 1. The highest BCUT2D eigenvalue weighted by atomic mass is 79.9. The lowest BCUT2D eigenvalue weighted by molar-refractivity contribution is 0.571. The topological polar surface area (TPSA) is 12.0 Å². The molecule has 1 atom stereocenters. The quantitative estimate of drug-likeness (QED) is 0.781. The van der Waals surface area contributed by atoms with E-state index in [0.717, 1.165) is 19.2 Å². The number of hydrogen-bond acceptors (Lipinski definition) is 2. The van der Waals surface area contributed by atoms with Gasteiger partial charge < -0.3 is 5.32 Å². The Morgan fingerprint density at radius 2 is 1.72 bits per heavy atom. The van der Waals surface area contributed by atoms with Gasteiger partial charge in [-0.05, 0) is 68.2 Å². The zero-order chi connectivity index (χ0) is 13.3. The van der Waals surface area contributed by atoms with Crippen LogP contribution in [0.15, 0.2) is 31.8 Å². The fourth-order valence-electron chi connectivity index (χ4n) is 1.79. The third-order valence-corrected chi connectivity index (χ3v) is 4.89. The van der Waals surface area contributed by atoms with Crippen molar-refractivity contribution in [1.82, 2.24) is 5.32 Å². The second-order valence-corrected chi connectivity index (χ2v) is 7.45. The summed E-state index contributed by atoms with van der Waals surface area (Å²) < 4.78 is 28.4. The van der Waals surface area contributed by atoms with Crippen molar-refractivity contribution in [2.45, 2.75) is 6.04 Å². The Morgan fingerprint density at radius 3 is 2.17 bits per heavy atom. The number of thiophene rings is 1. The molecule has 1 aromatic carbocycles. The van der Waals surface area contributed by atoms with Crippen molar-refractivity contribution >= 4 is 43.2 Å². The lowest BCUT2D eigenvalue weighted by Crippen LogP contribution is -2.17. The third kappa shape index (κ3) is 2.99. The molecule has 0 amide bonds. The van der Waals surface area contributed by atoms with Crippen LogP contribution in [0.5, 0.6) is 0 Å². The number of rotatable bonds is 3. The second-order valence-electron chi connectivity index (χ2n) is 3.70. The maximum Gasteiger partial charge on any atom is 0.126 e. The first-order valence-corrected chi connectivity index (χ1v) is 7.49. The molecule has 0 aliphatic carbocycles. The van der Waals surface area contributed by atoms with E-state index in [1.54, 1.807) is 7.05 Å². The highest BCUT2D eigenvalue weighted by Gasteiger charge is 2.18. The van der Waals surface area contributed by atoms with Gasteiger partial charge in [0, 0.05) is 6.07 Å². The van der Waals surface area contributed by atoms with E-state index in [-0.39, 0.29) is 6.04 Å². The number of hydrogen-bond donors (Lipinski definition) is 1. The summed E-state index contributed by atoms with van der Waals surface area (Å²) in [7, 11) is 1.76. The van der Waals surface area contributed by atoms with Gasteiger partial charge in [-0.3, -0.25) is 0 Å². The van der Waals surface area contributed by atoms with Crippen molar-refractivity contribution in [3.05, 3.63) is 54.6 Å². The smallest absolute Gasteiger partial charge is 0.126 e. The molecule has 1 nitrogen and oxygen atoms in total. The monoisotopic (exact) mass is 395 g/mol. The molecule has 18 heavy (non-hydrogen) atoms. The van der Waals surface area contributed by atoms with E-state index in [2.05, 4.69) is 37.2 Å². The Labute approximate surface area is 124 Å². The molecule has 0 saturated heterocycles. The van der Waals surface area contributed by atoms with Gasteiger partial charge >= 0.3 is 0 Å². The molecular weight excluding hydrogens is 388 g/mol. The van der Waals surface area contributed by atoms with Gasteiger partial charge in [-0.15, -0.1) is 11.3 Å². The summed E-state index contributed by atoms with van der Waals surface area (Å²) >= 11 is 8.37. The van der Waals surface area contributed by atoms with Crippen molar-refractivity contribution in [2.24, 2.45) is 0 Å². The molecule has 1 aromatic heterocycles. The highest BCUT2D eigenvalue weighted by Crippen LogP contribution is 2.37. The first-order chi connectivity index (χ1) is 8.51. The maximum absolute atomic E-state index is 13.3. The molecular formula is C12H9Br2F2NS. The van der Waals surface area contributed by atoms with Gasteiger partial charge in [-0.2, -0.15) is 0 Å². The predicted octanol–water partition coefficient (Wildman–Crippen LogP) is 4.86. The molecule has 0 spiro atoms. The van der Waals surface area contributed by atoms with Crippen LogP contribution < -0.4 is 5.32 Å². The van der Waals surface area contributed by atoms with E-state index in [0.29, 0.717) is 5.56 Å². The van der Waals surface area contributed by atoms with Crippen LogP contribution in [-0.4, -0.2) is 7.05 Å². The molecule has 1 unspecified atom stereocenters. The van der Waals surface area contributed by atoms with Gasteiger partial charge in [0.1, 0.15) is 11.6 Å². The molecule has 96 valence electrons. The summed E-state index contributed by atoms with van der Waals surface area (Å²) in [5.74, 6) is -1.15. The first kappa shape index (κ1) is 14.1. The van der Waals surface area contributed by atoms with Crippen LogP contribution in [0, 0.1) is 11.6 Å². The summed E-state index contributed by atoms with van der Waals surface area (Å²) in [6, 6.07) is 5.21. The van der Waals surface area contributed by atoms with Crippen molar-refractivity contribution in [1.29, 1.82) is 0 Å². The zero-order valence-electron chi connectivity index (χ0n) is 9.31. The average Bonchev–Trinajstić information content (AvgIpc) is 2.58. The minimum Gasteiger partial charge on any atom is -0.309 e. The van der Waals surface area contributed by atoms with E-state index in [1.807, 2.05) is 6.07 Å². The average molecular weight is 397 g/mol. The van der Waals surface area contributed by atoms with Crippen LogP contribution in [0.3, 0.4) is 0 Å². The van der Waals surface area contributed by atoms with Crippen LogP contribution >= 0.6 is 43.2 Å². The van der Waals surface area contributed by atoms with E-state index in [4.69, 9.17) is 0 Å². The fraction of sp³-hybridized carbons (Fsp3) is 0.167. The zero-order valence-corrected chi connectivity index (χ0v) is 13.3. The normalized spacial score (nSPS) is 12.7. The lowest BCUT2D eigenvalue weighted by atomic mass is 10.0. The van der Waals surface area contributed by atoms with Crippen molar-refractivity contribution in [3.63, 3.8) is 0 Å². The number of nitrogens with one attached hydrogen (secondary N) is 1. The van der Waals surface area contributed by atoms with Gasteiger partial charge in [-0.25, -0.2) is 8.78 Å². The molecule has 0 aliphatic heterocycles. The molecule has 1 N–H and O–H groups in total. The molecule has 0 radical (unpaired) electrons. The Bertz CT molecular complexity index is 551. The minimum absolute atomic E-state index is 0.257.